The molecule has 0 aliphatic heterocycles. The fraction of sp³-hybridized carbons (Fsp3) is 0.692. The maximum Gasteiger partial charge on any atom is 0.347 e. The van der Waals surface area contributed by atoms with Crippen molar-refractivity contribution in [1.29, 1.82) is 0 Å². The van der Waals surface area contributed by atoms with E-state index in [1.807, 2.05) is 20.8 Å². The molecule has 4 nitrogen and oxygen atoms in total. The molecule has 18 heavy (non-hydrogen) atoms. The maximum atomic E-state index is 11.2. The highest BCUT2D eigenvalue weighted by Crippen LogP contribution is 2.33. The second-order valence-electron chi connectivity index (χ2n) is 4.85. The Hall–Kier alpha value is -0.940. The van der Waals surface area contributed by atoms with E-state index in [2.05, 4.69) is 18.8 Å². The lowest BCUT2D eigenvalue weighted by molar-refractivity contribution is 0.0292. The molecule has 1 aromatic heterocycles. The highest BCUT2D eigenvalue weighted by atomic mass is 32.1. The van der Waals surface area contributed by atoms with Crippen molar-refractivity contribution < 1.29 is 14.6 Å². The summed E-state index contributed by atoms with van der Waals surface area (Å²) in [5, 5.41) is 9.98. The summed E-state index contributed by atoms with van der Waals surface area (Å²) in [5.41, 5.74) is 0.660. The molecule has 1 atom stereocenters. The molecule has 0 saturated heterocycles. The Morgan fingerprint density at radius 2 is 2.00 bits per heavy atom. The molecule has 1 heterocycles. The Morgan fingerprint density at radius 1 is 1.39 bits per heavy atom. The third-order valence-electron chi connectivity index (χ3n) is 2.61. The number of ether oxygens (including phenoxy) is 1. The number of hydrogen-bond acceptors (Lipinski definition) is 4. The van der Waals surface area contributed by atoms with Crippen LogP contribution in [0.25, 0.3) is 0 Å². The van der Waals surface area contributed by atoms with Gasteiger partial charge in [-0.3, -0.25) is 0 Å². The fourth-order valence-electron chi connectivity index (χ4n) is 1.74. The quantitative estimate of drug-likeness (QED) is 0.857. The topological polar surface area (TPSA) is 59.4 Å². The molecule has 1 unspecified atom stereocenters. The van der Waals surface area contributed by atoms with Gasteiger partial charge in [0.1, 0.15) is 16.0 Å². The van der Waals surface area contributed by atoms with Crippen LogP contribution in [0.3, 0.4) is 0 Å². The summed E-state index contributed by atoms with van der Waals surface area (Å²) in [7, 11) is 0. The van der Waals surface area contributed by atoms with Crippen molar-refractivity contribution in [2.75, 3.05) is 6.61 Å². The van der Waals surface area contributed by atoms with Gasteiger partial charge in [-0.2, -0.15) is 0 Å². The predicted molar refractivity (Wildman–Crippen MR) is 72.4 cm³/mol. The van der Waals surface area contributed by atoms with Crippen molar-refractivity contribution in [3.8, 4) is 0 Å². The van der Waals surface area contributed by atoms with Crippen LogP contribution in [-0.2, 0) is 4.74 Å². The molecule has 0 radical (unpaired) electrons. The summed E-state index contributed by atoms with van der Waals surface area (Å²) in [6, 6.07) is 0. The number of nitrogens with zero attached hydrogens (tertiary/aromatic N) is 1. The van der Waals surface area contributed by atoms with Crippen LogP contribution in [-0.4, -0.2) is 22.7 Å². The summed E-state index contributed by atoms with van der Waals surface area (Å²) < 4.78 is 5.67. The molecular weight excluding hydrogens is 250 g/mol. The zero-order valence-electron chi connectivity index (χ0n) is 11.6. The molecule has 0 fully saturated rings. The average molecular weight is 271 g/mol. The van der Waals surface area contributed by atoms with E-state index in [4.69, 9.17) is 4.74 Å². The van der Waals surface area contributed by atoms with Gasteiger partial charge in [0.2, 0.25) is 0 Å². The smallest absolute Gasteiger partial charge is 0.347 e. The van der Waals surface area contributed by atoms with Gasteiger partial charge in [-0.05, 0) is 18.8 Å². The second kappa shape index (κ2) is 6.29. The number of carboxylic acid groups (broad SMARTS) is 1. The summed E-state index contributed by atoms with van der Waals surface area (Å²) >= 11 is 1.24. The minimum Gasteiger partial charge on any atom is -0.477 e. The van der Waals surface area contributed by atoms with E-state index in [9.17, 15) is 9.90 Å². The first kappa shape index (κ1) is 15.1. The van der Waals surface area contributed by atoms with Gasteiger partial charge in [-0.15, -0.1) is 11.3 Å². The molecule has 0 aliphatic rings. The minimum absolute atomic E-state index is 0.107. The molecule has 0 saturated carbocycles. The zero-order chi connectivity index (χ0) is 13.9. The van der Waals surface area contributed by atoms with E-state index in [1.54, 1.807) is 0 Å². The molecule has 0 aliphatic carbocycles. The Labute approximate surface area is 112 Å². The molecule has 1 rings (SSSR count). The van der Waals surface area contributed by atoms with Gasteiger partial charge in [-0.1, -0.05) is 27.7 Å². The van der Waals surface area contributed by atoms with Crippen LogP contribution in [0.4, 0.5) is 0 Å². The third-order valence-corrected chi connectivity index (χ3v) is 3.73. The number of carbonyl (C=O) groups is 1. The molecule has 5 heteroatoms. The maximum absolute atomic E-state index is 11.2. The summed E-state index contributed by atoms with van der Waals surface area (Å²) in [6.45, 7) is 10.5. The fourth-order valence-corrected chi connectivity index (χ4v) is 3.03. The average Bonchev–Trinajstić information content (AvgIpc) is 2.70. The first-order valence-electron chi connectivity index (χ1n) is 6.23. The van der Waals surface area contributed by atoms with Gasteiger partial charge < -0.3 is 9.84 Å². The SMILES string of the molecule is CCOC(c1nc(C(C)C)c(C(=O)O)s1)C(C)C. The van der Waals surface area contributed by atoms with Gasteiger partial charge in [0.05, 0.1) is 5.69 Å². The van der Waals surface area contributed by atoms with E-state index in [1.165, 1.54) is 11.3 Å². The van der Waals surface area contributed by atoms with E-state index >= 15 is 0 Å². The van der Waals surface area contributed by atoms with E-state index in [-0.39, 0.29) is 17.9 Å². The summed E-state index contributed by atoms with van der Waals surface area (Å²) in [6.07, 6.45) is -0.120. The van der Waals surface area contributed by atoms with Crippen LogP contribution in [0.2, 0.25) is 0 Å². The number of rotatable bonds is 6. The van der Waals surface area contributed by atoms with Crippen molar-refractivity contribution in [1.82, 2.24) is 4.98 Å². The Kier molecular flexibility index (Phi) is 5.28. The van der Waals surface area contributed by atoms with Crippen LogP contribution in [0.1, 0.15) is 67.0 Å². The zero-order valence-corrected chi connectivity index (χ0v) is 12.4. The van der Waals surface area contributed by atoms with Crippen molar-refractivity contribution in [3.63, 3.8) is 0 Å². The van der Waals surface area contributed by atoms with Gasteiger partial charge in [-0.25, -0.2) is 9.78 Å². The third kappa shape index (κ3) is 3.29. The highest BCUT2D eigenvalue weighted by Gasteiger charge is 2.26. The van der Waals surface area contributed by atoms with Crippen LogP contribution >= 0.6 is 11.3 Å². The molecule has 0 spiro atoms. The highest BCUT2D eigenvalue weighted by molar-refractivity contribution is 7.13. The summed E-state index contributed by atoms with van der Waals surface area (Å²) in [5.74, 6) is -0.519. The predicted octanol–water partition coefficient (Wildman–Crippen LogP) is 3.70. The Balaban J connectivity index is 3.16. The van der Waals surface area contributed by atoms with Crippen molar-refractivity contribution in [2.24, 2.45) is 5.92 Å². The van der Waals surface area contributed by atoms with Crippen LogP contribution in [0.15, 0.2) is 0 Å². The first-order chi connectivity index (χ1) is 8.38. The lowest BCUT2D eigenvalue weighted by Gasteiger charge is -2.18. The van der Waals surface area contributed by atoms with Crippen LogP contribution in [0, 0.1) is 5.92 Å². The van der Waals surface area contributed by atoms with Crippen LogP contribution < -0.4 is 0 Å². The number of aromatic carboxylic acids is 1. The standard InChI is InChI=1S/C13H21NO3S/c1-6-17-10(8(4)5)12-14-9(7(2)3)11(18-12)13(15)16/h7-8,10H,6H2,1-5H3,(H,15,16). The van der Waals surface area contributed by atoms with Gasteiger partial charge in [0.25, 0.3) is 0 Å². The number of hydrogen-bond donors (Lipinski definition) is 1. The summed E-state index contributed by atoms with van der Waals surface area (Å²) in [4.78, 5) is 16.0. The molecule has 0 bridgehead atoms. The van der Waals surface area contributed by atoms with Crippen molar-refractivity contribution >= 4 is 17.3 Å². The second-order valence-corrected chi connectivity index (χ2v) is 5.88. The number of carboxylic acids is 1. The lowest BCUT2D eigenvalue weighted by Crippen LogP contribution is -2.11. The molecule has 102 valence electrons. The Morgan fingerprint density at radius 3 is 2.33 bits per heavy atom. The monoisotopic (exact) mass is 271 g/mol. The van der Waals surface area contributed by atoms with E-state index < -0.39 is 5.97 Å². The van der Waals surface area contributed by atoms with Crippen molar-refractivity contribution in [3.05, 3.63) is 15.6 Å². The Bertz CT molecular complexity index is 412. The molecule has 1 aromatic rings. The molecular formula is C13H21NO3S. The van der Waals surface area contributed by atoms with Crippen LogP contribution in [0.5, 0.6) is 0 Å². The molecule has 0 amide bonds. The minimum atomic E-state index is -0.901. The van der Waals surface area contributed by atoms with E-state index in [0.29, 0.717) is 17.2 Å². The van der Waals surface area contributed by atoms with Gasteiger partial charge in [0.15, 0.2) is 0 Å². The largest absolute Gasteiger partial charge is 0.477 e. The van der Waals surface area contributed by atoms with E-state index in [0.717, 1.165) is 5.01 Å². The molecule has 1 N–H and O–H groups in total. The van der Waals surface area contributed by atoms with Gasteiger partial charge >= 0.3 is 5.97 Å². The lowest BCUT2D eigenvalue weighted by atomic mass is 10.1. The number of aromatic nitrogens is 1. The first-order valence-corrected chi connectivity index (χ1v) is 7.05. The number of thiazole rings is 1. The molecule has 0 aromatic carbocycles. The van der Waals surface area contributed by atoms with Gasteiger partial charge in [0, 0.05) is 6.61 Å². The van der Waals surface area contributed by atoms with Crippen molar-refractivity contribution in [2.45, 2.75) is 46.6 Å². The normalized spacial score (nSPS) is 13.3.